The van der Waals surface area contributed by atoms with Crippen LogP contribution in [0.2, 0.25) is 0 Å². The summed E-state index contributed by atoms with van der Waals surface area (Å²) in [7, 11) is 0. The van der Waals surface area contributed by atoms with Crippen LogP contribution in [-0.4, -0.2) is 25.3 Å². The summed E-state index contributed by atoms with van der Waals surface area (Å²) in [5.74, 6) is 0.699. The first kappa shape index (κ1) is 14.0. The van der Waals surface area contributed by atoms with Crippen molar-refractivity contribution in [3.8, 4) is 0 Å². The lowest BCUT2D eigenvalue weighted by Crippen LogP contribution is -2.37. The van der Waals surface area contributed by atoms with Crippen molar-refractivity contribution in [3.63, 3.8) is 0 Å². The van der Waals surface area contributed by atoms with Crippen molar-refractivity contribution >= 4 is 11.3 Å². The molecule has 2 nitrogen and oxygen atoms in total. The van der Waals surface area contributed by atoms with Gasteiger partial charge in [0.1, 0.15) is 0 Å². The van der Waals surface area contributed by atoms with E-state index in [0.29, 0.717) is 18.1 Å². The van der Waals surface area contributed by atoms with E-state index < -0.39 is 0 Å². The van der Waals surface area contributed by atoms with Gasteiger partial charge in [-0.15, -0.1) is 0 Å². The molecule has 3 heteroatoms. The maximum absolute atomic E-state index is 5.73. The number of aryl methyl sites for hydroxylation is 1. The van der Waals surface area contributed by atoms with Gasteiger partial charge in [0.2, 0.25) is 0 Å². The average Bonchev–Trinajstić information content (AvgIpc) is 3.01. The summed E-state index contributed by atoms with van der Waals surface area (Å²) in [4.78, 5) is 0. The molecule has 0 aromatic carbocycles. The molecule has 0 radical (unpaired) electrons. The fraction of sp³-hybridized carbons (Fsp3) is 0.733. The molecule has 1 aliphatic heterocycles. The molecule has 1 fully saturated rings. The van der Waals surface area contributed by atoms with Crippen molar-refractivity contribution in [2.24, 2.45) is 5.92 Å². The number of nitrogens with one attached hydrogen (secondary N) is 1. The van der Waals surface area contributed by atoms with E-state index in [4.69, 9.17) is 4.74 Å². The number of hydrogen-bond donors (Lipinski definition) is 1. The molecule has 0 spiro atoms. The van der Waals surface area contributed by atoms with E-state index >= 15 is 0 Å². The van der Waals surface area contributed by atoms with Crippen LogP contribution in [0.3, 0.4) is 0 Å². The highest BCUT2D eigenvalue weighted by molar-refractivity contribution is 7.07. The molecule has 1 aromatic heterocycles. The Bertz CT molecular complexity index is 325. The molecule has 2 rings (SSSR count). The quantitative estimate of drug-likeness (QED) is 0.816. The molecule has 0 amide bonds. The third kappa shape index (κ3) is 4.08. The van der Waals surface area contributed by atoms with Crippen LogP contribution in [0, 0.1) is 5.92 Å². The standard InChI is InChI=1S/C15H25NOS/c1-3-7-16-15(14-9-12(2)17-10-14)5-4-13-6-8-18-11-13/h6,8,11-12,14-16H,3-5,7,9-10H2,1-2H3. The maximum atomic E-state index is 5.73. The molecular formula is C15H25NOS. The molecule has 0 saturated carbocycles. The van der Waals surface area contributed by atoms with Crippen LogP contribution in [0.5, 0.6) is 0 Å². The summed E-state index contributed by atoms with van der Waals surface area (Å²) in [6, 6.07) is 2.87. The molecule has 0 aliphatic carbocycles. The lowest BCUT2D eigenvalue weighted by atomic mass is 9.92. The Balaban J connectivity index is 1.84. The largest absolute Gasteiger partial charge is 0.378 e. The first-order valence-corrected chi connectivity index (χ1v) is 8.10. The molecule has 1 N–H and O–H groups in total. The Morgan fingerprint density at radius 3 is 3.06 bits per heavy atom. The van der Waals surface area contributed by atoms with E-state index in [-0.39, 0.29) is 0 Å². The third-order valence-corrected chi connectivity index (χ3v) is 4.51. The van der Waals surface area contributed by atoms with Crippen molar-refractivity contribution in [3.05, 3.63) is 22.4 Å². The summed E-state index contributed by atoms with van der Waals surface area (Å²) in [6.07, 6.45) is 5.29. The maximum Gasteiger partial charge on any atom is 0.0551 e. The second kappa shape index (κ2) is 7.27. The van der Waals surface area contributed by atoms with Gasteiger partial charge in [-0.25, -0.2) is 0 Å². The smallest absolute Gasteiger partial charge is 0.0551 e. The van der Waals surface area contributed by atoms with Crippen LogP contribution in [0.15, 0.2) is 16.8 Å². The van der Waals surface area contributed by atoms with Gasteiger partial charge in [0.15, 0.2) is 0 Å². The zero-order valence-electron chi connectivity index (χ0n) is 11.5. The van der Waals surface area contributed by atoms with Crippen LogP contribution < -0.4 is 5.32 Å². The average molecular weight is 267 g/mol. The minimum atomic E-state index is 0.446. The Morgan fingerprint density at radius 1 is 1.56 bits per heavy atom. The fourth-order valence-electron chi connectivity index (χ4n) is 2.72. The normalized spacial score (nSPS) is 25.4. The van der Waals surface area contributed by atoms with Gasteiger partial charge >= 0.3 is 0 Å². The monoisotopic (exact) mass is 267 g/mol. The predicted octanol–water partition coefficient (Wildman–Crippen LogP) is 3.47. The van der Waals surface area contributed by atoms with Gasteiger partial charge in [0.05, 0.1) is 12.7 Å². The van der Waals surface area contributed by atoms with Crippen LogP contribution in [0.25, 0.3) is 0 Å². The van der Waals surface area contributed by atoms with Crippen LogP contribution in [0.4, 0.5) is 0 Å². The highest BCUT2D eigenvalue weighted by Gasteiger charge is 2.28. The highest BCUT2D eigenvalue weighted by atomic mass is 32.1. The third-order valence-electron chi connectivity index (χ3n) is 3.78. The molecule has 3 unspecified atom stereocenters. The predicted molar refractivity (Wildman–Crippen MR) is 78.2 cm³/mol. The highest BCUT2D eigenvalue weighted by Crippen LogP contribution is 2.25. The van der Waals surface area contributed by atoms with Gasteiger partial charge in [-0.1, -0.05) is 6.92 Å². The van der Waals surface area contributed by atoms with Crippen molar-refractivity contribution in [2.45, 2.75) is 51.7 Å². The number of thiophene rings is 1. The van der Waals surface area contributed by atoms with Gasteiger partial charge in [0, 0.05) is 12.0 Å². The Morgan fingerprint density at radius 2 is 2.44 bits per heavy atom. The molecule has 102 valence electrons. The van der Waals surface area contributed by atoms with E-state index in [1.54, 1.807) is 11.3 Å². The summed E-state index contributed by atoms with van der Waals surface area (Å²) in [5, 5.41) is 8.16. The minimum Gasteiger partial charge on any atom is -0.378 e. The SMILES string of the molecule is CCCNC(CCc1ccsc1)C1COC(C)C1. The molecule has 2 heterocycles. The number of ether oxygens (including phenoxy) is 1. The van der Waals surface area contributed by atoms with Crippen molar-refractivity contribution in [2.75, 3.05) is 13.2 Å². The number of hydrogen-bond acceptors (Lipinski definition) is 3. The molecule has 1 aromatic rings. The van der Waals surface area contributed by atoms with Crippen LogP contribution in [-0.2, 0) is 11.2 Å². The molecule has 1 aliphatic rings. The summed E-state index contributed by atoms with van der Waals surface area (Å²) in [6.45, 7) is 6.48. The van der Waals surface area contributed by atoms with E-state index in [2.05, 4.69) is 36.0 Å². The number of rotatable bonds is 7. The zero-order valence-corrected chi connectivity index (χ0v) is 12.3. The Hall–Kier alpha value is -0.380. The summed E-state index contributed by atoms with van der Waals surface area (Å²) in [5.41, 5.74) is 1.48. The zero-order chi connectivity index (χ0) is 12.8. The molecule has 0 bridgehead atoms. The molecular weight excluding hydrogens is 242 g/mol. The Kier molecular flexibility index (Phi) is 5.67. The second-order valence-electron chi connectivity index (χ2n) is 5.37. The minimum absolute atomic E-state index is 0.446. The van der Waals surface area contributed by atoms with Crippen molar-refractivity contribution in [1.29, 1.82) is 0 Å². The fourth-order valence-corrected chi connectivity index (χ4v) is 3.43. The molecule has 3 atom stereocenters. The van der Waals surface area contributed by atoms with E-state index in [1.165, 1.54) is 31.2 Å². The van der Waals surface area contributed by atoms with Gasteiger partial charge in [0.25, 0.3) is 0 Å². The lowest BCUT2D eigenvalue weighted by Gasteiger charge is -2.23. The van der Waals surface area contributed by atoms with Crippen LogP contribution in [0.1, 0.15) is 38.7 Å². The first-order valence-electron chi connectivity index (χ1n) is 7.15. The summed E-state index contributed by atoms with van der Waals surface area (Å²) < 4.78 is 5.73. The van der Waals surface area contributed by atoms with E-state index in [0.717, 1.165) is 13.2 Å². The lowest BCUT2D eigenvalue weighted by molar-refractivity contribution is 0.116. The van der Waals surface area contributed by atoms with Gasteiger partial charge < -0.3 is 10.1 Å². The topological polar surface area (TPSA) is 21.3 Å². The van der Waals surface area contributed by atoms with E-state index in [1.807, 2.05) is 0 Å². The van der Waals surface area contributed by atoms with Gasteiger partial charge in [-0.2, -0.15) is 11.3 Å². The van der Waals surface area contributed by atoms with Crippen LogP contribution >= 0.6 is 11.3 Å². The van der Waals surface area contributed by atoms with Crippen molar-refractivity contribution in [1.82, 2.24) is 5.32 Å². The van der Waals surface area contributed by atoms with Gasteiger partial charge in [-0.3, -0.25) is 0 Å². The molecule has 18 heavy (non-hydrogen) atoms. The van der Waals surface area contributed by atoms with Crippen molar-refractivity contribution < 1.29 is 4.74 Å². The first-order chi connectivity index (χ1) is 8.79. The summed E-state index contributed by atoms with van der Waals surface area (Å²) >= 11 is 1.80. The Labute approximate surface area is 115 Å². The second-order valence-corrected chi connectivity index (χ2v) is 6.15. The molecule has 1 saturated heterocycles. The van der Waals surface area contributed by atoms with Gasteiger partial charge in [-0.05, 0) is 61.5 Å². The van der Waals surface area contributed by atoms with E-state index in [9.17, 15) is 0 Å².